The van der Waals surface area contributed by atoms with E-state index in [0.717, 1.165) is 67.1 Å². The van der Waals surface area contributed by atoms with Gasteiger partial charge >= 0.3 is 0 Å². The Morgan fingerprint density at radius 2 is 1.84 bits per heavy atom. The molecule has 1 saturated heterocycles. The molecule has 2 aliphatic rings. The van der Waals surface area contributed by atoms with Crippen LogP contribution in [0.2, 0.25) is 0 Å². The van der Waals surface area contributed by atoms with E-state index in [4.69, 9.17) is 9.47 Å². The Morgan fingerprint density at radius 1 is 1.03 bits per heavy atom. The highest BCUT2D eigenvalue weighted by molar-refractivity contribution is 5.75. The summed E-state index contributed by atoms with van der Waals surface area (Å²) in [6.45, 7) is 6.46. The number of piperidine rings is 1. The number of ether oxygens (including phenoxy) is 2. The number of aromatic nitrogens is 2. The van der Waals surface area contributed by atoms with Gasteiger partial charge in [0.25, 0.3) is 5.56 Å². The molecule has 0 unspecified atom stereocenters. The topological polar surface area (TPSA) is 68.6 Å². The van der Waals surface area contributed by atoms with E-state index in [1.807, 2.05) is 41.8 Å². The van der Waals surface area contributed by atoms with Crippen LogP contribution in [0.3, 0.4) is 0 Å². The lowest BCUT2D eigenvalue weighted by Crippen LogP contribution is -2.43. The monoisotopic (exact) mass is 432 g/mol. The molecule has 1 N–H and O–H groups in total. The molecule has 1 aromatic heterocycles. The maximum Gasteiger partial charge on any atom is 0.269 e. The summed E-state index contributed by atoms with van der Waals surface area (Å²) < 4.78 is 12.8. The number of fused-ring (bicyclic) bond motifs is 2. The standard InChI is InChI=1S/C25H28N4O3/c1-18-2-4-21-22(14-18)29(25(30)17-27-21)11-10-28-8-6-20(7-9-28)26-16-19-3-5-23-24(15-19)32-13-12-31-23/h2-5,12-15,17,20,26H,6-11,16H2,1H3. The Kier molecular flexibility index (Phi) is 5.92. The van der Waals surface area contributed by atoms with Gasteiger partial charge in [-0.05, 0) is 68.2 Å². The van der Waals surface area contributed by atoms with Crippen molar-refractivity contribution in [3.05, 3.63) is 76.6 Å². The third kappa shape index (κ3) is 4.54. The Labute approximate surface area is 187 Å². The van der Waals surface area contributed by atoms with Crippen LogP contribution in [0.25, 0.3) is 11.0 Å². The van der Waals surface area contributed by atoms with Gasteiger partial charge in [-0.1, -0.05) is 12.1 Å². The molecule has 2 aliphatic heterocycles. The van der Waals surface area contributed by atoms with E-state index in [2.05, 4.69) is 21.3 Å². The average molecular weight is 433 g/mol. The largest absolute Gasteiger partial charge is 0.458 e. The summed E-state index contributed by atoms with van der Waals surface area (Å²) in [5.74, 6) is 1.51. The second-order valence-electron chi connectivity index (χ2n) is 8.53. The summed E-state index contributed by atoms with van der Waals surface area (Å²) in [4.78, 5) is 19.2. The number of likely N-dealkylation sites (tertiary alicyclic amines) is 1. The Morgan fingerprint density at radius 3 is 2.69 bits per heavy atom. The zero-order valence-electron chi connectivity index (χ0n) is 18.3. The van der Waals surface area contributed by atoms with Crippen LogP contribution in [-0.2, 0) is 13.1 Å². The minimum atomic E-state index is -0.0328. The predicted octanol–water partition coefficient (Wildman–Crippen LogP) is 3.20. The molecule has 3 heterocycles. The Hall–Kier alpha value is -3.16. The van der Waals surface area contributed by atoms with Crippen molar-refractivity contribution in [1.82, 2.24) is 19.8 Å². The summed E-state index contributed by atoms with van der Waals surface area (Å²) in [6, 6.07) is 12.6. The van der Waals surface area contributed by atoms with E-state index in [1.165, 1.54) is 11.8 Å². The fourth-order valence-electron chi connectivity index (χ4n) is 4.42. The molecule has 5 rings (SSSR count). The second kappa shape index (κ2) is 9.14. The second-order valence-corrected chi connectivity index (χ2v) is 8.53. The molecule has 0 bridgehead atoms. The molecule has 7 heteroatoms. The molecule has 0 amide bonds. The number of rotatable bonds is 6. The first kappa shape index (κ1) is 20.7. The summed E-state index contributed by atoms with van der Waals surface area (Å²) in [7, 11) is 0. The van der Waals surface area contributed by atoms with Crippen LogP contribution >= 0.6 is 0 Å². The maximum absolute atomic E-state index is 12.4. The minimum absolute atomic E-state index is 0.0328. The zero-order chi connectivity index (χ0) is 21.9. The van der Waals surface area contributed by atoms with Gasteiger partial charge in [0.1, 0.15) is 12.5 Å². The van der Waals surface area contributed by atoms with Crippen molar-refractivity contribution in [1.29, 1.82) is 0 Å². The smallest absolute Gasteiger partial charge is 0.269 e. The molecular weight excluding hydrogens is 404 g/mol. The fourth-order valence-corrected chi connectivity index (χ4v) is 4.42. The molecule has 32 heavy (non-hydrogen) atoms. The van der Waals surface area contributed by atoms with Gasteiger partial charge in [-0.2, -0.15) is 0 Å². The summed E-state index contributed by atoms with van der Waals surface area (Å²) >= 11 is 0. The first-order valence-electron chi connectivity index (χ1n) is 11.2. The van der Waals surface area contributed by atoms with E-state index in [1.54, 1.807) is 12.5 Å². The lowest BCUT2D eigenvalue weighted by Gasteiger charge is -2.32. The van der Waals surface area contributed by atoms with Crippen LogP contribution in [0.1, 0.15) is 24.0 Å². The highest BCUT2D eigenvalue weighted by atomic mass is 16.5. The summed E-state index contributed by atoms with van der Waals surface area (Å²) in [6.07, 6.45) is 6.72. The van der Waals surface area contributed by atoms with Gasteiger partial charge in [-0.15, -0.1) is 0 Å². The molecule has 0 aliphatic carbocycles. The molecule has 3 aromatic rings. The minimum Gasteiger partial charge on any atom is -0.458 e. The van der Waals surface area contributed by atoms with Crippen molar-refractivity contribution in [2.75, 3.05) is 19.6 Å². The molecule has 0 spiro atoms. The Bertz CT molecular complexity index is 1200. The van der Waals surface area contributed by atoms with Crippen molar-refractivity contribution >= 4 is 11.0 Å². The fraction of sp³-hybridized carbons (Fsp3) is 0.360. The van der Waals surface area contributed by atoms with Crippen molar-refractivity contribution in [2.45, 2.75) is 38.9 Å². The summed E-state index contributed by atoms with van der Waals surface area (Å²) in [5.41, 5.74) is 4.08. The quantitative estimate of drug-likeness (QED) is 0.645. The van der Waals surface area contributed by atoms with Gasteiger partial charge in [-0.25, -0.2) is 4.98 Å². The molecule has 0 saturated carbocycles. The first-order chi connectivity index (χ1) is 15.7. The number of benzene rings is 2. The molecule has 0 atom stereocenters. The van der Waals surface area contributed by atoms with Crippen LogP contribution < -0.4 is 20.3 Å². The highest BCUT2D eigenvalue weighted by Crippen LogP contribution is 2.31. The van der Waals surface area contributed by atoms with Crippen molar-refractivity contribution in [3.63, 3.8) is 0 Å². The molecule has 2 aromatic carbocycles. The van der Waals surface area contributed by atoms with E-state index in [9.17, 15) is 4.79 Å². The average Bonchev–Trinajstić information content (AvgIpc) is 2.82. The molecule has 1 fully saturated rings. The van der Waals surface area contributed by atoms with Crippen LogP contribution in [0.5, 0.6) is 11.5 Å². The lowest BCUT2D eigenvalue weighted by atomic mass is 10.0. The number of aryl methyl sites for hydroxylation is 1. The molecular formula is C25H28N4O3. The first-order valence-corrected chi connectivity index (χ1v) is 11.2. The van der Waals surface area contributed by atoms with Gasteiger partial charge in [-0.3, -0.25) is 4.79 Å². The van der Waals surface area contributed by atoms with E-state index in [-0.39, 0.29) is 5.56 Å². The third-order valence-corrected chi connectivity index (χ3v) is 6.28. The van der Waals surface area contributed by atoms with Crippen LogP contribution in [0, 0.1) is 6.92 Å². The summed E-state index contributed by atoms with van der Waals surface area (Å²) in [5, 5.41) is 3.67. The van der Waals surface area contributed by atoms with Crippen LogP contribution in [-0.4, -0.2) is 40.1 Å². The maximum atomic E-state index is 12.4. The zero-order valence-corrected chi connectivity index (χ0v) is 18.3. The highest BCUT2D eigenvalue weighted by Gasteiger charge is 2.19. The van der Waals surface area contributed by atoms with Crippen LogP contribution in [0.4, 0.5) is 0 Å². The van der Waals surface area contributed by atoms with Crippen molar-refractivity contribution in [3.8, 4) is 11.5 Å². The normalized spacial score (nSPS) is 16.5. The van der Waals surface area contributed by atoms with Gasteiger partial charge in [0, 0.05) is 25.7 Å². The molecule has 166 valence electrons. The van der Waals surface area contributed by atoms with Gasteiger partial charge in [0.2, 0.25) is 0 Å². The van der Waals surface area contributed by atoms with Crippen molar-refractivity contribution in [2.24, 2.45) is 0 Å². The van der Waals surface area contributed by atoms with E-state index in [0.29, 0.717) is 12.6 Å². The molecule has 0 radical (unpaired) electrons. The van der Waals surface area contributed by atoms with Gasteiger partial charge in [0.05, 0.1) is 17.2 Å². The number of nitrogens with zero attached hydrogens (tertiary/aromatic N) is 3. The van der Waals surface area contributed by atoms with E-state index < -0.39 is 0 Å². The lowest BCUT2D eigenvalue weighted by molar-refractivity contribution is 0.191. The predicted molar refractivity (Wildman–Crippen MR) is 124 cm³/mol. The molecule has 7 nitrogen and oxygen atoms in total. The third-order valence-electron chi connectivity index (χ3n) is 6.28. The number of hydrogen-bond donors (Lipinski definition) is 1. The van der Waals surface area contributed by atoms with Gasteiger partial charge in [0.15, 0.2) is 11.5 Å². The SMILES string of the molecule is Cc1ccc2ncc(=O)n(CCN3CCC(NCc4ccc5c(c4)OC=CO5)CC3)c2c1. The Balaban J connectivity index is 1.13. The number of nitrogens with one attached hydrogen (secondary N) is 1. The van der Waals surface area contributed by atoms with Crippen molar-refractivity contribution < 1.29 is 9.47 Å². The van der Waals surface area contributed by atoms with E-state index >= 15 is 0 Å². The van der Waals surface area contributed by atoms with Gasteiger partial charge < -0.3 is 24.3 Å². The van der Waals surface area contributed by atoms with Crippen LogP contribution in [0.15, 0.2) is 59.9 Å². The number of hydrogen-bond acceptors (Lipinski definition) is 6.